The molecule has 5 heteroatoms. The molecule has 1 saturated heterocycles. The summed E-state index contributed by atoms with van der Waals surface area (Å²) < 4.78 is 24.5. The largest absolute Gasteiger partial charge is 0.376 e. The van der Waals surface area contributed by atoms with Gasteiger partial charge in [0, 0.05) is 6.61 Å². The van der Waals surface area contributed by atoms with Gasteiger partial charge in [0.05, 0.1) is 18.8 Å². The Morgan fingerprint density at radius 2 is 2.09 bits per heavy atom. The molecule has 4 nitrogen and oxygen atoms in total. The number of hydrogen-bond acceptors (Lipinski definition) is 3. The van der Waals surface area contributed by atoms with E-state index in [0.29, 0.717) is 19.1 Å². The average Bonchev–Trinajstić information content (AvgIpc) is 3.23. The van der Waals surface area contributed by atoms with Crippen LogP contribution in [0.15, 0.2) is 24.3 Å². The lowest BCUT2D eigenvalue weighted by molar-refractivity contribution is -0.133. The molecule has 1 amide bonds. The topological polar surface area (TPSA) is 47.6 Å². The Morgan fingerprint density at radius 3 is 2.70 bits per heavy atom. The second-order valence-electron chi connectivity index (χ2n) is 6.51. The number of rotatable bonds is 7. The fraction of sp³-hybridized carbons (Fsp3) is 0.611. The normalized spacial score (nSPS) is 23.5. The van der Waals surface area contributed by atoms with Gasteiger partial charge in [0.2, 0.25) is 5.91 Å². The molecule has 0 spiro atoms. The second-order valence-corrected chi connectivity index (χ2v) is 6.51. The van der Waals surface area contributed by atoms with E-state index in [9.17, 15) is 9.18 Å². The van der Waals surface area contributed by atoms with E-state index in [1.165, 1.54) is 25.0 Å². The molecule has 23 heavy (non-hydrogen) atoms. The van der Waals surface area contributed by atoms with Crippen LogP contribution >= 0.6 is 0 Å². The first-order chi connectivity index (χ1) is 11.1. The number of carbonyl (C=O) groups is 1. The van der Waals surface area contributed by atoms with Gasteiger partial charge in [-0.1, -0.05) is 12.1 Å². The minimum absolute atomic E-state index is 0.0694. The van der Waals surface area contributed by atoms with E-state index in [2.05, 4.69) is 5.32 Å². The Labute approximate surface area is 136 Å². The SMILES string of the molecule is C[C@H](OCC1CC1)C(=O)N[C@H](c1ccc(F)cc1)[C@H]1CCCO1. The first-order valence-electron chi connectivity index (χ1n) is 8.42. The van der Waals surface area contributed by atoms with Gasteiger partial charge in [0.1, 0.15) is 11.9 Å². The molecule has 1 aliphatic carbocycles. The van der Waals surface area contributed by atoms with Gasteiger partial charge in [-0.2, -0.15) is 0 Å². The number of ether oxygens (including phenoxy) is 2. The van der Waals surface area contributed by atoms with E-state index in [-0.39, 0.29) is 23.9 Å². The molecule has 2 aliphatic rings. The molecule has 0 unspecified atom stereocenters. The Balaban J connectivity index is 1.64. The fourth-order valence-corrected chi connectivity index (χ4v) is 2.84. The van der Waals surface area contributed by atoms with Crippen molar-refractivity contribution in [2.75, 3.05) is 13.2 Å². The quantitative estimate of drug-likeness (QED) is 0.840. The molecule has 1 N–H and O–H groups in total. The van der Waals surface area contributed by atoms with Gasteiger partial charge in [-0.3, -0.25) is 4.79 Å². The highest BCUT2D eigenvalue weighted by Crippen LogP contribution is 2.30. The predicted molar refractivity (Wildman–Crippen MR) is 84.4 cm³/mol. The zero-order valence-electron chi connectivity index (χ0n) is 13.5. The number of halogens is 1. The number of amides is 1. The molecule has 1 aromatic rings. The van der Waals surface area contributed by atoms with Crippen molar-refractivity contribution in [3.63, 3.8) is 0 Å². The third kappa shape index (κ3) is 4.52. The number of benzene rings is 1. The maximum atomic E-state index is 13.2. The van der Waals surface area contributed by atoms with Crippen LogP contribution in [0.1, 0.15) is 44.2 Å². The summed E-state index contributed by atoms with van der Waals surface area (Å²) in [5.74, 6) is 0.194. The zero-order valence-corrected chi connectivity index (χ0v) is 13.5. The third-order valence-electron chi connectivity index (χ3n) is 4.51. The van der Waals surface area contributed by atoms with E-state index < -0.39 is 6.10 Å². The van der Waals surface area contributed by atoms with Crippen LogP contribution in [-0.2, 0) is 14.3 Å². The first kappa shape index (κ1) is 16.4. The van der Waals surface area contributed by atoms with Crippen molar-refractivity contribution in [2.24, 2.45) is 5.92 Å². The van der Waals surface area contributed by atoms with Crippen LogP contribution < -0.4 is 5.32 Å². The van der Waals surface area contributed by atoms with Crippen molar-refractivity contribution in [1.82, 2.24) is 5.32 Å². The number of carbonyl (C=O) groups excluding carboxylic acids is 1. The predicted octanol–water partition coefficient (Wildman–Crippen LogP) is 2.98. The highest BCUT2D eigenvalue weighted by molar-refractivity contribution is 5.80. The number of hydrogen-bond donors (Lipinski definition) is 1. The lowest BCUT2D eigenvalue weighted by atomic mass is 9.99. The summed E-state index contributed by atoms with van der Waals surface area (Å²) in [6.45, 7) is 3.12. The summed E-state index contributed by atoms with van der Waals surface area (Å²) in [6.07, 6.45) is 3.70. The van der Waals surface area contributed by atoms with E-state index in [1.54, 1.807) is 19.1 Å². The van der Waals surface area contributed by atoms with Gasteiger partial charge in [0.15, 0.2) is 0 Å². The Bertz CT molecular complexity index is 524. The van der Waals surface area contributed by atoms with Gasteiger partial charge in [-0.25, -0.2) is 4.39 Å². The van der Waals surface area contributed by atoms with Crippen LogP contribution in [-0.4, -0.2) is 31.3 Å². The summed E-state index contributed by atoms with van der Waals surface area (Å²) in [7, 11) is 0. The lowest BCUT2D eigenvalue weighted by Gasteiger charge is -2.26. The highest BCUT2D eigenvalue weighted by atomic mass is 19.1. The van der Waals surface area contributed by atoms with Crippen LogP contribution in [0.2, 0.25) is 0 Å². The van der Waals surface area contributed by atoms with Crippen molar-refractivity contribution in [1.29, 1.82) is 0 Å². The molecule has 126 valence electrons. The molecule has 1 aliphatic heterocycles. The molecule has 2 fully saturated rings. The molecule has 0 aromatic heterocycles. The van der Waals surface area contributed by atoms with Gasteiger partial charge < -0.3 is 14.8 Å². The Hall–Kier alpha value is -1.46. The van der Waals surface area contributed by atoms with Crippen LogP contribution in [0.4, 0.5) is 4.39 Å². The Kier molecular flexibility index (Phi) is 5.28. The average molecular weight is 321 g/mol. The van der Waals surface area contributed by atoms with Gasteiger partial charge in [-0.05, 0) is 56.2 Å². The zero-order chi connectivity index (χ0) is 16.2. The molecule has 1 saturated carbocycles. The van der Waals surface area contributed by atoms with Gasteiger partial charge in [0.25, 0.3) is 0 Å². The summed E-state index contributed by atoms with van der Waals surface area (Å²) in [5, 5.41) is 3.03. The van der Waals surface area contributed by atoms with Crippen molar-refractivity contribution in [3.05, 3.63) is 35.6 Å². The van der Waals surface area contributed by atoms with E-state index in [0.717, 1.165) is 18.4 Å². The van der Waals surface area contributed by atoms with Crippen molar-refractivity contribution in [3.8, 4) is 0 Å². The first-order valence-corrected chi connectivity index (χ1v) is 8.42. The molecule has 0 bridgehead atoms. The summed E-state index contributed by atoms with van der Waals surface area (Å²) >= 11 is 0. The van der Waals surface area contributed by atoms with Crippen molar-refractivity contribution < 1.29 is 18.7 Å². The summed E-state index contributed by atoms with van der Waals surface area (Å²) in [6, 6.07) is 5.97. The highest BCUT2D eigenvalue weighted by Gasteiger charge is 2.31. The van der Waals surface area contributed by atoms with Crippen molar-refractivity contribution >= 4 is 5.91 Å². The van der Waals surface area contributed by atoms with Crippen LogP contribution in [0.25, 0.3) is 0 Å². The molecular weight excluding hydrogens is 297 g/mol. The van der Waals surface area contributed by atoms with Crippen LogP contribution in [0, 0.1) is 11.7 Å². The molecule has 0 radical (unpaired) electrons. The van der Waals surface area contributed by atoms with E-state index in [4.69, 9.17) is 9.47 Å². The molecule has 1 heterocycles. The fourth-order valence-electron chi connectivity index (χ4n) is 2.84. The molecule has 1 aromatic carbocycles. The van der Waals surface area contributed by atoms with E-state index >= 15 is 0 Å². The Morgan fingerprint density at radius 1 is 1.35 bits per heavy atom. The lowest BCUT2D eigenvalue weighted by Crippen LogP contribution is -2.41. The minimum atomic E-state index is -0.486. The number of nitrogens with one attached hydrogen (secondary N) is 1. The standard InChI is InChI=1S/C18H24FNO3/c1-12(23-11-13-4-5-13)18(21)20-17(16-3-2-10-22-16)14-6-8-15(19)9-7-14/h6-9,12-13,16-17H,2-5,10-11H2,1H3,(H,20,21)/t12-,16+,17+/m0/s1. The minimum Gasteiger partial charge on any atom is -0.376 e. The molecule has 3 rings (SSSR count). The third-order valence-corrected chi connectivity index (χ3v) is 4.51. The van der Waals surface area contributed by atoms with Gasteiger partial charge >= 0.3 is 0 Å². The maximum absolute atomic E-state index is 13.2. The summed E-state index contributed by atoms with van der Waals surface area (Å²) in [5.41, 5.74) is 0.862. The molecule has 3 atom stereocenters. The van der Waals surface area contributed by atoms with Crippen molar-refractivity contribution in [2.45, 2.75) is 50.9 Å². The van der Waals surface area contributed by atoms with E-state index in [1.807, 2.05) is 0 Å². The monoisotopic (exact) mass is 321 g/mol. The maximum Gasteiger partial charge on any atom is 0.249 e. The van der Waals surface area contributed by atoms with Crippen LogP contribution in [0.5, 0.6) is 0 Å². The smallest absolute Gasteiger partial charge is 0.249 e. The summed E-state index contributed by atoms with van der Waals surface area (Å²) in [4.78, 5) is 12.4. The van der Waals surface area contributed by atoms with Gasteiger partial charge in [-0.15, -0.1) is 0 Å². The second kappa shape index (κ2) is 7.41. The molecular formula is C18H24FNO3. The van der Waals surface area contributed by atoms with Crippen LogP contribution in [0.3, 0.4) is 0 Å².